The zero-order valence-electron chi connectivity index (χ0n) is 29.9. The summed E-state index contributed by atoms with van der Waals surface area (Å²) in [7, 11) is 0. The number of benzene rings is 6. The quantitative estimate of drug-likeness (QED) is 0.0730. The molecule has 0 bridgehead atoms. The zero-order valence-corrected chi connectivity index (χ0v) is 29.9. The predicted molar refractivity (Wildman–Crippen MR) is 200 cm³/mol. The van der Waals surface area contributed by atoms with Gasteiger partial charge in [-0.3, -0.25) is 0 Å². The van der Waals surface area contributed by atoms with E-state index in [1.165, 1.54) is 54.6 Å². The Bertz CT molecular complexity index is 3620. The van der Waals surface area contributed by atoms with Crippen LogP contribution in [0.15, 0.2) is 54.6 Å². The first-order chi connectivity index (χ1) is 29.4. The molecule has 2 aliphatic rings. The van der Waals surface area contributed by atoms with Gasteiger partial charge in [0.25, 0.3) is 0 Å². The maximum atomic E-state index is 16.0. The molecule has 0 heterocycles. The molecule has 0 aromatic heterocycles. The number of nitriles is 8. The normalized spacial score (nSPS) is 13.1. The monoisotopic (exact) mass is 806 g/mol. The summed E-state index contributed by atoms with van der Waals surface area (Å²) in [6.45, 7) is 0. The van der Waals surface area contributed by atoms with Gasteiger partial charge in [-0.25, -0.2) is 30.7 Å². The SMILES string of the molecule is N#CC1=C(c2cccc(C3=C(C#N)c4cc(C#N)cc5c4c3c(C#N)c3c(F)c(F)c(C#N)c(F)c35)c2)/C(=C(\C#N)c2c(F)c(F)c(C#N)c(F)c2F)c2ccc(C#N)cc21. The van der Waals surface area contributed by atoms with Crippen LogP contribution in [-0.4, -0.2) is 0 Å². The molecule has 282 valence electrons. The maximum absolute atomic E-state index is 16.0. The molecule has 0 atom stereocenters. The van der Waals surface area contributed by atoms with Crippen molar-refractivity contribution in [3.05, 3.63) is 162 Å². The molecule has 0 amide bonds. The summed E-state index contributed by atoms with van der Waals surface area (Å²) < 4.78 is 109. The summed E-state index contributed by atoms with van der Waals surface area (Å²) in [4.78, 5) is 0. The highest BCUT2D eigenvalue weighted by atomic mass is 19.2. The minimum absolute atomic E-state index is 0.0113. The number of rotatable bonds is 3. The van der Waals surface area contributed by atoms with E-state index in [0.29, 0.717) is 0 Å². The van der Waals surface area contributed by atoms with Crippen molar-refractivity contribution >= 4 is 55.0 Å². The second-order valence-electron chi connectivity index (χ2n) is 13.3. The fraction of sp³-hybridized carbons (Fsp3) is 0. The lowest BCUT2D eigenvalue weighted by Gasteiger charge is -2.17. The predicted octanol–water partition coefficient (Wildman–Crippen LogP) is 10.0. The first-order valence-electron chi connectivity index (χ1n) is 17.1. The third-order valence-electron chi connectivity index (χ3n) is 10.4. The van der Waals surface area contributed by atoms with E-state index in [1.54, 1.807) is 12.1 Å². The van der Waals surface area contributed by atoms with Gasteiger partial charge in [0.05, 0.1) is 51.1 Å². The van der Waals surface area contributed by atoms with Crippen LogP contribution in [0.3, 0.4) is 0 Å². The minimum atomic E-state index is -2.11. The minimum Gasteiger partial charge on any atom is -0.205 e. The summed E-state index contributed by atoms with van der Waals surface area (Å²) in [5, 5.41) is 78.7. The Morgan fingerprint density at radius 2 is 0.984 bits per heavy atom. The second kappa shape index (κ2) is 13.9. The van der Waals surface area contributed by atoms with E-state index in [9.17, 15) is 42.1 Å². The lowest BCUT2D eigenvalue weighted by Crippen LogP contribution is -2.07. The fourth-order valence-corrected chi connectivity index (χ4v) is 8.01. The molecule has 0 saturated carbocycles. The van der Waals surface area contributed by atoms with E-state index in [2.05, 4.69) is 0 Å². The van der Waals surface area contributed by atoms with Crippen LogP contribution in [0.5, 0.6) is 0 Å². The van der Waals surface area contributed by atoms with Crippen LogP contribution in [0, 0.1) is 131 Å². The topological polar surface area (TPSA) is 190 Å². The Morgan fingerprint density at radius 3 is 1.56 bits per heavy atom. The van der Waals surface area contributed by atoms with Gasteiger partial charge < -0.3 is 0 Å². The number of fused-ring (bicyclic) bond motifs is 3. The van der Waals surface area contributed by atoms with E-state index in [-0.39, 0.29) is 77.6 Å². The molecule has 0 aliphatic heterocycles. The van der Waals surface area contributed by atoms with Gasteiger partial charge >= 0.3 is 0 Å². The van der Waals surface area contributed by atoms with Gasteiger partial charge in [0, 0.05) is 49.6 Å². The molecule has 0 radical (unpaired) electrons. The van der Waals surface area contributed by atoms with Gasteiger partial charge in [-0.05, 0) is 52.4 Å². The van der Waals surface area contributed by atoms with Crippen molar-refractivity contribution in [2.45, 2.75) is 0 Å². The highest BCUT2D eigenvalue weighted by molar-refractivity contribution is 6.31. The van der Waals surface area contributed by atoms with Gasteiger partial charge in [0.1, 0.15) is 47.5 Å². The number of nitrogens with zero attached hydrogens (tertiary/aromatic N) is 8. The van der Waals surface area contributed by atoms with E-state index in [0.717, 1.165) is 12.1 Å². The summed E-state index contributed by atoms with van der Waals surface area (Å²) in [6.07, 6.45) is 0. The smallest absolute Gasteiger partial charge is 0.180 e. The molecule has 2 aliphatic carbocycles. The van der Waals surface area contributed by atoms with Crippen LogP contribution in [0.2, 0.25) is 0 Å². The van der Waals surface area contributed by atoms with Gasteiger partial charge in [0.2, 0.25) is 0 Å². The van der Waals surface area contributed by atoms with E-state index in [4.69, 9.17) is 0 Å². The van der Waals surface area contributed by atoms with Crippen LogP contribution in [0.1, 0.15) is 66.8 Å². The van der Waals surface area contributed by atoms with Crippen LogP contribution in [0.4, 0.5) is 30.7 Å². The molecule has 0 saturated heterocycles. The first kappa shape index (κ1) is 38.4. The Kier molecular flexibility index (Phi) is 8.71. The van der Waals surface area contributed by atoms with Crippen molar-refractivity contribution in [3.8, 4) is 48.6 Å². The molecule has 8 nitrogen and oxygen atoms in total. The Hall–Kier alpha value is -9.51. The van der Waals surface area contributed by atoms with Crippen LogP contribution in [0.25, 0.3) is 55.0 Å². The Labute approximate surface area is 337 Å². The molecule has 0 unspecified atom stereocenters. The molecule has 0 spiro atoms. The molecule has 6 aromatic rings. The summed E-state index contributed by atoms with van der Waals surface area (Å²) in [6, 6.07) is 24.7. The maximum Gasteiger partial charge on any atom is 0.180 e. The average molecular weight is 807 g/mol. The van der Waals surface area contributed by atoms with E-state index in [1.807, 2.05) is 24.3 Å². The van der Waals surface area contributed by atoms with Crippen molar-refractivity contribution < 1.29 is 30.7 Å². The first-order valence-corrected chi connectivity index (χ1v) is 17.1. The molecule has 8 rings (SSSR count). The third kappa shape index (κ3) is 5.04. The molecule has 15 heteroatoms. The summed E-state index contributed by atoms with van der Waals surface area (Å²) in [5.41, 5.74) is -8.26. The van der Waals surface area contributed by atoms with Crippen molar-refractivity contribution in [2.75, 3.05) is 0 Å². The highest BCUT2D eigenvalue weighted by Crippen LogP contribution is 2.54. The summed E-state index contributed by atoms with van der Waals surface area (Å²) in [5.74, 6) is -13.6. The molecule has 6 aromatic carbocycles. The standard InChI is InChI=1S/C46H9F7N8/c47-40-30(16-60)41(48)44(51)38-29(15-59)36-33(27(13-57)24-7-19(11-55)8-25(35(24)36)37(38)40)21-3-1-2-20(9-21)32-26(12-56)23-6-18(10-54)4-5-22(23)34(32)28(14-58)39-45(52)42(49)31(17-61)43(50)46(39)53/h1-9H/b34-28+. The molecular formula is C46H9F7N8. The Morgan fingerprint density at radius 1 is 0.426 bits per heavy atom. The van der Waals surface area contributed by atoms with Crippen molar-refractivity contribution in [1.29, 1.82) is 42.1 Å². The van der Waals surface area contributed by atoms with Crippen LogP contribution >= 0.6 is 0 Å². The lowest BCUT2D eigenvalue weighted by atomic mass is 9.85. The average Bonchev–Trinajstić information content (AvgIpc) is 3.79. The van der Waals surface area contributed by atoms with Crippen molar-refractivity contribution in [2.24, 2.45) is 0 Å². The Balaban J connectivity index is 1.50. The number of halogens is 7. The highest BCUT2D eigenvalue weighted by Gasteiger charge is 2.38. The number of allylic oxidation sites excluding steroid dienone is 5. The fourth-order valence-electron chi connectivity index (χ4n) is 8.01. The van der Waals surface area contributed by atoms with E-state index < -0.39 is 84.9 Å². The van der Waals surface area contributed by atoms with Crippen molar-refractivity contribution in [3.63, 3.8) is 0 Å². The lowest BCUT2D eigenvalue weighted by molar-refractivity contribution is 0.447. The second-order valence-corrected chi connectivity index (χ2v) is 13.3. The van der Waals surface area contributed by atoms with Crippen LogP contribution in [-0.2, 0) is 0 Å². The largest absolute Gasteiger partial charge is 0.205 e. The van der Waals surface area contributed by atoms with Gasteiger partial charge in [-0.2, -0.15) is 42.1 Å². The van der Waals surface area contributed by atoms with Gasteiger partial charge in [-0.1, -0.05) is 24.3 Å². The molecule has 0 N–H and O–H groups in total. The van der Waals surface area contributed by atoms with Gasteiger partial charge in [0.15, 0.2) is 40.7 Å². The van der Waals surface area contributed by atoms with Crippen molar-refractivity contribution in [1.82, 2.24) is 0 Å². The molecule has 61 heavy (non-hydrogen) atoms. The van der Waals surface area contributed by atoms with Gasteiger partial charge in [-0.15, -0.1) is 0 Å². The van der Waals surface area contributed by atoms with E-state index >= 15 is 30.7 Å². The third-order valence-corrected chi connectivity index (χ3v) is 10.4. The number of hydrogen-bond acceptors (Lipinski definition) is 8. The zero-order chi connectivity index (χ0) is 43.8. The summed E-state index contributed by atoms with van der Waals surface area (Å²) >= 11 is 0. The molecule has 0 fully saturated rings. The number of hydrogen-bond donors (Lipinski definition) is 0. The molecular weight excluding hydrogens is 798 g/mol. The van der Waals surface area contributed by atoms with Crippen LogP contribution < -0.4 is 0 Å².